The molecule has 0 aliphatic carbocycles. The van der Waals surface area contributed by atoms with Crippen LogP contribution in [0, 0.1) is 0 Å². The van der Waals surface area contributed by atoms with Crippen LogP contribution in [0.1, 0.15) is 11.5 Å². The molecule has 1 fully saturated rings. The number of fused-ring (bicyclic) bond motifs is 1. The quantitative estimate of drug-likeness (QED) is 0.551. The molecule has 142 valence electrons. The maximum absolute atomic E-state index is 5.88. The van der Waals surface area contributed by atoms with E-state index in [-0.39, 0.29) is 0 Å². The summed E-state index contributed by atoms with van der Waals surface area (Å²) in [4.78, 5) is 9.13. The van der Waals surface area contributed by atoms with Crippen LogP contribution < -0.4 is 5.32 Å². The molecule has 1 aliphatic heterocycles. The zero-order chi connectivity index (χ0) is 18.5. The number of nitrogens with one attached hydrogen (secondary N) is 1. The number of hydrogen-bond acceptors (Lipinski definition) is 5. The van der Waals surface area contributed by atoms with Gasteiger partial charge in [0.15, 0.2) is 5.96 Å². The van der Waals surface area contributed by atoms with Crippen molar-refractivity contribution in [2.24, 2.45) is 4.99 Å². The summed E-state index contributed by atoms with van der Waals surface area (Å²) in [5.74, 6) is 1.95. The Balaban J connectivity index is 1.24. The Morgan fingerprint density at radius 3 is 2.78 bits per heavy atom. The highest BCUT2D eigenvalue weighted by atomic mass is 16.5. The van der Waals surface area contributed by atoms with Crippen molar-refractivity contribution in [3.8, 4) is 0 Å². The molecular weight excluding hydrogens is 342 g/mol. The van der Waals surface area contributed by atoms with E-state index in [0.29, 0.717) is 0 Å². The predicted octanol–water partition coefficient (Wildman–Crippen LogP) is 2.36. The van der Waals surface area contributed by atoms with Gasteiger partial charge in [0.25, 0.3) is 0 Å². The van der Waals surface area contributed by atoms with E-state index in [1.54, 1.807) is 6.26 Å². The van der Waals surface area contributed by atoms with Gasteiger partial charge in [0.05, 0.1) is 5.69 Å². The number of nitrogens with zero attached hydrogens (tertiary/aromatic N) is 4. The van der Waals surface area contributed by atoms with Crippen molar-refractivity contribution < 1.29 is 8.94 Å². The molecule has 3 aromatic rings. The zero-order valence-electron chi connectivity index (χ0n) is 15.6. The molecule has 1 N–H and O–H groups in total. The number of guanidine groups is 1. The summed E-state index contributed by atoms with van der Waals surface area (Å²) in [6, 6.07) is 12.1. The zero-order valence-corrected chi connectivity index (χ0v) is 15.6. The maximum Gasteiger partial charge on any atom is 0.193 e. The molecule has 2 aromatic heterocycles. The average Bonchev–Trinajstić information content (AvgIpc) is 3.35. The van der Waals surface area contributed by atoms with Gasteiger partial charge < -0.3 is 19.2 Å². The van der Waals surface area contributed by atoms with Crippen molar-refractivity contribution in [3.05, 3.63) is 54.1 Å². The molecule has 0 atom stereocenters. The first-order valence-electron chi connectivity index (χ1n) is 9.36. The van der Waals surface area contributed by atoms with Crippen molar-refractivity contribution in [1.82, 2.24) is 20.3 Å². The first-order valence-corrected chi connectivity index (χ1v) is 9.36. The number of aliphatic imine (C=N–C) groups is 1. The summed E-state index contributed by atoms with van der Waals surface area (Å²) >= 11 is 0. The van der Waals surface area contributed by atoms with E-state index in [1.807, 2.05) is 31.3 Å². The Kier molecular flexibility index (Phi) is 5.39. The van der Waals surface area contributed by atoms with Gasteiger partial charge in [-0.3, -0.25) is 9.89 Å². The van der Waals surface area contributed by atoms with Gasteiger partial charge in [-0.15, -0.1) is 0 Å². The number of rotatable bonds is 5. The number of piperazine rings is 1. The van der Waals surface area contributed by atoms with Gasteiger partial charge in [-0.25, -0.2) is 0 Å². The van der Waals surface area contributed by atoms with Gasteiger partial charge in [-0.1, -0.05) is 23.4 Å². The second-order valence-electron chi connectivity index (χ2n) is 6.73. The molecule has 27 heavy (non-hydrogen) atoms. The molecule has 0 radical (unpaired) electrons. The minimum atomic E-state index is 0.797. The van der Waals surface area contributed by atoms with Crippen molar-refractivity contribution >= 4 is 16.9 Å². The van der Waals surface area contributed by atoms with Crippen molar-refractivity contribution in [1.29, 1.82) is 0 Å². The van der Waals surface area contributed by atoms with Crippen LogP contribution in [0.3, 0.4) is 0 Å². The fraction of sp³-hybridized carbons (Fsp3) is 0.400. The van der Waals surface area contributed by atoms with Crippen LogP contribution in [0.2, 0.25) is 0 Å². The molecule has 0 bridgehead atoms. The van der Waals surface area contributed by atoms with Gasteiger partial charge in [0.1, 0.15) is 17.6 Å². The van der Waals surface area contributed by atoms with Crippen LogP contribution >= 0.6 is 0 Å². The van der Waals surface area contributed by atoms with E-state index in [2.05, 4.69) is 37.4 Å². The lowest BCUT2D eigenvalue weighted by atomic mass is 10.2. The lowest BCUT2D eigenvalue weighted by Crippen LogP contribution is -2.52. The number of benzene rings is 1. The molecule has 0 saturated carbocycles. The second-order valence-corrected chi connectivity index (χ2v) is 6.73. The van der Waals surface area contributed by atoms with Crippen LogP contribution in [0.4, 0.5) is 0 Å². The third kappa shape index (κ3) is 4.31. The lowest BCUT2D eigenvalue weighted by Gasteiger charge is -2.36. The molecule has 1 aliphatic rings. The lowest BCUT2D eigenvalue weighted by molar-refractivity contribution is 0.169. The molecule has 7 nitrogen and oxygen atoms in total. The monoisotopic (exact) mass is 367 g/mol. The Labute approximate surface area is 158 Å². The predicted molar refractivity (Wildman–Crippen MR) is 105 cm³/mol. The Hall–Kier alpha value is -2.80. The molecule has 1 saturated heterocycles. The third-order valence-corrected chi connectivity index (χ3v) is 4.89. The van der Waals surface area contributed by atoms with Gasteiger partial charge in [0, 0.05) is 64.2 Å². The Morgan fingerprint density at radius 2 is 2.04 bits per heavy atom. The fourth-order valence-electron chi connectivity index (χ4n) is 3.46. The van der Waals surface area contributed by atoms with Crippen molar-refractivity contribution in [2.75, 3.05) is 39.8 Å². The van der Waals surface area contributed by atoms with Crippen LogP contribution in [0.25, 0.3) is 11.0 Å². The summed E-state index contributed by atoms with van der Waals surface area (Å²) < 4.78 is 10.8. The molecular formula is C20H25N5O2. The van der Waals surface area contributed by atoms with E-state index in [1.165, 1.54) is 0 Å². The summed E-state index contributed by atoms with van der Waals surface area (Å²) in [5, 5.41) is 8.61. The first-order chi connectivity index (χ1) is 13.3. The normalized spacial score (nSPS) is 16.2. The van der Waals surface area contributed by atoms with E-state index in [0.717, 1.165) is 74.1 Å². The van der Waals surface area contributed by atoms with Gasteiger partial charge in [-0.2, -0.15) is 0 Å². The van der Waals surface area contributed by atoms with Crippen molar-refractivity contribution in [2.45, 2.75) is 13.0 Å². The maximum atomic E-state index is 5.88. The molecule has 0 spiro atoms. The third-order valence-electron chi connectivity index (χ3n) is 4.89. The van der Waals surface area contributed by atoms with Gasteiger partial charge in [0.2, 0.25) is 0 Å². The molecule has 3 heterocycles. The van der Waals surface area contributed by atoms with Crippen LogP contribution in [0.5, 0.6) is 0 Å². The topological polar surface area (TPSA) is 70.0 Å². The average molecular weight is 367 g/mol. The number of hydrogen-bond donors (Lipinski definition) is 1. The SMILES string of the molecule is CN=C(NCCc1cc2ccccc2o1)N1CCN(Cc2ccon2)CC1. The standard InChI is InChI=1S/C20H25N5O2/c1-21-20(22-8-6-18-14-16-4-2-3-5-19(16)27-18)25-11-9-24(10-12-25)15-17-7-13-26-23-17/h2-5,7,13-14H,6,8-12,15H2,1H3,(H,21,22). The summed E-state index contributed by atoms with van der Waals surface area (Å²) in [7, 11) is 1.84. The number of aromatic nitrogens is 1. The van der Waals surface area contributed by atoms with Crippen LogP contribution in [0.15, 0.2) is 56.6 Å². The Bertz CT molecular complexity index is 846. The molecule has 0 unspecified atom stereocenters. The molecule has 4 rings (SSSR count). The fourth-order valence-corrected chi connectivity index (χ4v) is 3.46. The van der Waals surface area contributed by atoms with E-state index in [4.69, 9.17) is 8.94 Å². The molecule has 0 amide bonds. The van der Waals surface area contributed by atoms with Crippen LogP contribution in [-0.2, 0) is 13.0 Å². The highest BCUT2D eigenvalue weighted by Gasteiger charge is 2.20. The summed E-state index contributed by atoms with van der Waals surface area (Å²) in [6.07, 6.45) is 2.46. The second kappa shape index (κ2) is 8.26. The van der Waals surface area contributed by atoms with Gasteiger partial charge in [-0.05, 0) is 12.1 Å². The smallest absolute Gasteiger partial charge is 0.193 e. The highest BCUT2D eigenvalue weighted by Crippen LogP contribution is 2.18. The number of para-hydroxylation sites is 1. The van der Waals surface area contributed by atoms with E-state index >= 15 is 0 Å². The van der Waals surface area contributed by atoms with Crippen LogP contribution in [-0.4, -0.2) is 60.7 Å². The van der Waals surface area contributed by atoms with E-state index < -0.39 is 0 Å². The summed E-state index contributed by atoms with van der Waals surface area (Å²) in [5.41, 5.74) is 1.93. The largest absolute Gasteiger partial charge is 0.461 e. The van der Waals surface area contributed by atoms with Crippen molar-refractivity contribution in [3.63, 3.8) is 0 Å². The minimum absolute atomic E-state index is 0.797. The van der Waals surface area contributed by atoms with Gasteiger partial charge >= 0.3 is 0 Å². The van der Waals surface area contributed by atoms with E-state index in [9.17, 15) is 0 Å². The highest BCUT2D eigenvalue weighted by molar-refractivity contribution is 5.80. The molecule has 1 aromatic carbocycles. The Morgan fingerprint density at radius 1 is 1.19 bits per heavy atom. The molecule has 7 heteroatoms. The number of furan rings is 1. The minimum Gasteiger partial charge on any atom is -0.461 e. The summed E-state index contributed by atoms with van der Waals surface area (Å²) in [6.45, 7) is 5.49. The first kappa shape index (κ1) is 17.6.